The molecule has 0 radical (unpaired) electrons. The van der Waals surface area contributed by atoms with Crippen molar-refractivity contribution in [3.8, 4) is 0 Å². The molecule has 0 spiro atoms. The highest BCUT2D eigenvalue weighted by molar-refractivity contribution is 6.46. The number of nitrogens with one attached hydrogen (secondary N) is 1. The van der Waals surface area contributed by atoms with E-state index < -0.39 is 17.5 Å². The second kappa shape index (κ2) is 7.76. The number of nitrogens with zero attached hydrogens (tertiary/aromatic N) is 1. The summed E-state index contributed by atoms with van der Waals surface area (Å²) in [6.07, 6.45) is 1.73. The molecule has 1 heterocycles. The summed E-state index contributed by atoms with van der Waals surface area (Å²) in [5.74, 6) is -2.34. The van der Waals surface area contributed by atoms with Crippen molar-refractivity contribution in [3.63, 3.8) is 0 Å². The Labute approximate surface area is 161 Å². The molecule has 3 aromatic rings. The molecule has 0 bridgehead atoms. The van der Waals surface area contributed by atoms with Crippen LogP contribution in [0.4, 0.5) is 10.1 Å². The van der Waals surface area contributed by atoms with E-state index in [4.69, 9.17) is 11.6 Å². The Bertz CT molecular complexity index is 1030. The molecule has 0 atom stereocenters. The van der Waals surface area contributed by atoms with Crippen LogP contribution in [0, 0.1) is 19.7 Å². The number of hydrogen-bond donors (Lipinski definition) is 1. The number of halogens is 2. The van der Waals surface area contributed by atoms with Crippen LogP contribution in [0.25, 0.3) is 0 Å². The van der Waals surface area contributed by atoms with Gasteiger partial charge in [0.05, 0.1) is 11.4 Å². The Balaban J connectivity index is 1.78. The van der Waals surface area contributed by atoms with Crippen LogP contribution in [0.3, 0.4) is 0 Å². The Morgan fingerprint density at radius 3 is 2.56 bits per heavy atom. The van der Waals surface area contributed by atoms with Crippen LogP contribution >= 0.6 is 11.6 Å². The lowest BCUT2D eigenvalue weighted by Crippen LogP contribution is -2.25. The van der Waals surface area contributed by atoms with E-state index in [2.05, 4.69) is 5.32 Å². The van der Waals surface area contributed by atoms with Gasteiger partial charge in [-0.1, -0.05) is 29.8 Å². The fraction of sp³-hybridized carbons (Fsp3) is 0.143. The van der Waals surface area contributed by atoms with Crippen molar-refractivity contribution in [1.82, 2.24) is 4.57 Å². The van der Waals surface area contributed by atoms with Crippen LogP contribution in [0.2, 0.25) is 5.02 Å². The van der Waals surface area contributed by atoms with Gasteiger partial charge in [-0.3, -0.25) is 9.59 Å². The first-order valence-electron chi connectivity index (χ1n) is 8.37. The van der Waals surface area contributed by atoms with E-state index in [-0.39, 0.29) is 16.4 Å². The van der Waals surface area contributed by atoms with Crippen LogP contribution < -0.4 is 5.32 Å². The monoisotopic (exact) mass is 384 g/mol. The lowest BCUT2D eigenvalue weighted by atomic mass is 10.1. The van der Waals surface area contributed by atoms with Gasteiger partial charge in [0, 0.05) is 17.8 Å². The smallest absolute Gasteiger partial charge is 0.298 e. The molecule has 0 aliphatic heterocycles. The van der Waals surface area contributed by atoms with Gasteiger partial charge in [-0.15, -0.1) is 0 Å². The van der Waals surface area contributed by atoms with E-state index in [9.17, 15) is 14.0 Å². The number of anilines is 1. The van der Waals surface area contributed by atoms with Gasteiger partial charge in [-0.25, -0.2) is 4.39 Å². The fourth-order valence-corrected chi connectivity index (χ4v) is 2.90. The fourth-order valence-electron chi connectivity index (χ4n) is 2.74. The maximum Gasteiger partial charge on any atom is 0.298 e. The Morgan fingerprint density at radius 1 is 1.07 bits per heavy atom. The SMILES string of the molecule is Cc1ccc(Cn2cccc2C(=O)C(=O)Nc2ccc(Cl)cc2F)cc1C. The van der Waals surface area contributed by atoms with Crippen LogP contribution in [0.15, 0.2) is 54.7 Å². The highest BCUT2D eigenvalue weighted by Crippen LogP contribution is 2.19. The number of carbonyl (C=O) groups is 2. The van der Waals surface area contributed by atoms with Crippen LogP contribution in [-0.4, -0.2) is 16.3 Å². The van der Waals surface area contributed by atoms with Crippen molar-refractivity contribution < 1.29 is 14.0 Å². The summed E-state index contributed by atoms with van der Waals surface area (Å²) in [4.78, 5) is 24.8. The summed E-state index contributed by atoms with van der Waals surface area (Å²) in [5, 5.41) is 2.51. The molecule has 138 valence electrons. The minimum atomic E-state index is -0.906. The van der Waals surface area contributed by atoms with Gasteiger partial charge in [0.2, 0.25) is 0 Å². The Hall–Kier alpha value is -2.92. The van der Waals surface area contributed by atoms with Gasteiger partial charge >= 0.3 is 0 Å². The van der Waals surface area contributed by atoms with E-state index in [1.165, 1.54) is 17.7 Å². The highest BCUT2D eigenvalue weighted by Gasteiger charge is 2.21. The normalized spacial score (nSPS) is 10.7. The van der Waals surface area contributed by atoms with E-state index in [0.717, 1.165) is 17.2 Å². The summed E-state index contributed by atoms with van der Waals surface area (Å²) in [5.41, 5.74) is 3.51. The first-order valence-corrected chi connectivity index (χ1v) is 8.75. The third kappa shape index (κ3) is 4.26. The Morgan fingerprint density at radius 2 is 1.85 bits per heavy atom. The number of amides is 1. The number of carbonyl (C=O) groups excluding carboxylic acids is 2. The molecule has 0 aliphatic carbocycles. The minimum Gasteiger partial charge on any atom is -0.340 e. The standard InChI is InChI=1S/C21H18ClFN2O2/c1-13-5-6-15(10-14(13)2)12-25-9-3-4-19(25)20(26)21(27)24-18-8-7-16(22)11-17(18)23/h3-11H,12H2,1-2H3,(H,24,27). The lowest BCUT2D eigenvalue weighted by molar-refractivity contribution is -0.112. The zero-order valence-corrected chi connectivity index (χ0v) is 15.7. The maximum absolute atomic E-state index is 13.8. The number of aryl methyl sites for hydroxylation is 2. The van der Waals surface area contributed by atoms with Crippen LogP contribution in [0.1, 0.15) is 27.2 Å². The first kappa shape index (κ1) is 18.9. The zero-order valence-electron chi connectivity index (χ0n) is 14.9. The number of benzene rings is 2. The molecule has 0 saturated carbocycles. The molecular weight excluding hydrogens is 367 g/mol. The van der Waals surface area contributed by atoms with E-state index in [0.29, 0.717) is 6.54 Å². The number of Topliss-reactive ketones (excluding diaryl/α,β-unsaturated/α-hetero) is 1. The largest absolute Gasteiger partial charge is 0.340 e. The number of aromatic nitrogens is 1. The van der Waals surface area contributed by atoms with E-state index in [1.807, 2.05) is 32.0 Å². The predicted octanol–water partition coefficient (Wildman–Crippen LogP) is 4.77. The third-order valence-electron chi connectivity index (χ3n) is 4.37. The molecule has 0 saturated heterocycles. The predicted molar refractivity (Wildman–Crippen MR) is 104 cm³/mol. The summed E-state index contributed by atoms with van der Waals surface area (Å²) in [6.45, 7) is 4.51. The van der Waals surface area contributed by atoms with E-state index in [1.54, 1.807) is 22.9 Å². The molecule has 1 N–H and O–H groups in total. The van der Waals surface area contributed by atoms with Crippen molar-refractivity contribution in [1.29, 1.82) is 0 Å². The zero-order chi connectivity index (χ0) is 19.6. The molecule has 6 heteroatoms. The van der Waals surface area contributed by atoms with Crippen molar-refractivity contribution >= 4 is 29.0 Å². The van der Waals surface area contributed by atoms with E-state index >= 15 is 0 Å². The van der Waals surface area contributed by atoms with Gasteiger partial charge < -0.3 is 9.88 Å². The van der Waals surface area contributed by atoms with Gasteiger partial charge in [0.1, 0.15) is 5.82 Å². The average molecular weight is 385 g/mol. The van der Waals surface area contributed by atoms with Crippen LogP contribution in [0.5, 0.6) is 0 Å². The first-order chi connectivity index (χ1) is 12.8. The van der Waals surface area contributed by atoms with Crippen LogP contribution in [-0.2, 0) is 11.3 Å². The van der Waals surface area contributed by atoms with Gasteiger partial charge in [0.15, 0.2) is 0 Å². The molecule has 0 unspecified atom stereocenters. The van der Waals surface area contributed by atoms with Gasteiger partial charge in [-0.2, -0.15) is 0 Å². The molecule has 0 aliphatic rings. The van der Waals surface area contributed by atoms with Crippen molar-refractivity contribution in [3.05, 3.63) is 88.0 Å². The molecule has 4 nitrogen and oxygen atoms in total. The summed E-state index contributed by atoms with van der Waals surface area (Å²) in [6, 6.07) is 13.2. The summed E-state index contributed by atoms with van der Waals surface area (Å²) >= 11 is 5.69. The second-order valence-electron chi connectivity index (χ2n) is 6.35. The van der Waals surface area contributed by atoms with Crippen molar-refractivity contribution in [2.24, 2.45) is 0 Å². The second-order valence-corrected chi connectivity index (χ2v) is 6.78. The minimum absolute atomic E-state index is 0.0926. The summed E-state index contributed by atoms with van der Waals surface area (Å²) < 4.78 is 15.5. The number of ketones is 1. The van der Waals surface area contributed by atoms with Gasteiger partial charge in [-0.05, 0) is 60.9 Å². The number of rotatable bonds is 5. The Kier molecular flexibility index (Phi) is 5.42. The van der Waals surface area contributed by atoms with Crippen molar-refractivity contribution in [2.75, 3.05) is 5.32 Å². The molecule has 1 amide bonds. The maximum atomic E-state index is 13.8. The van der Waals surface area contributed by atoms with Gasteiger partial charge in [0.25, 0.3) is 11.7 Å². The molecule has 3 rings (SSSR count). The molecule has 0 fully saturated rings. The molecule has 27 heavy (non-hydrogen) atoms. The topological polar surface area (TPSA) is 51.1 Å². The third-order valence-corrected chi connectivity index (χ3v) is 4.61. The summed E-state index contributed by atoms with van der Waals surface area (Å²) in [7, 11) is 0. The molecular formula is C21H18ClFN2O2. The lowest BCUT2D eigenvalue weighted by Gasteiger charge is -2.11. The molecule has 2 aromatic carbocycles. The highest BCUT2D eigenvalue weighted by atomic mass is 35.5. The molecule has 1 aromatic heterocycles. The van der Waals surface area contributed by atoms with Crippen molar-refractivity contribution in [2.45, 2.75) is 20.4 Å². The quantitative estimate of drug-likeness (QED) is 0.509. The number of hydrogen-bond acceptors (Lipinski definition) is 2. The average Bonchev–Trinajstić information content (AvgIpc) is 3.08.